The molecule has 1 atom stereocenters. The number of aromatic amines is 2. The summed E-state index contributed by atoms with van der Waals surface area (Å²) in [5.41, 5.74) is 19.0. The second-order valence-electron chi connectivity index (χ2n) is 5.47. The van der Waals surface area contributed by atoms with E-state index in [4.69, 9.17) is 17.2 Å². The van der Waals surface area contributed by atoms with Crippen LogP contribution in [0.5, 0.6) is 0 Å². The number of nitrogens with zero attached hydrogens (tertiary/aromatic N) is 2. The standard InChI is InChI=1S/C15H23N7O2/c16-5-3-10-13(21-7-19-10)12(23)2-1-9(18)15(24)14-11(4-6-17)20-8-22-14/h7-9H,1-6,16-18H2,(H,19,21)(H,20,22). The van der Waals surface area contributed by atoms with Gasteiger partial charge in [-0.05, 0) is 19.5 Å². The van der Waals surface area contributed by atoms with E-state index in [-0.39, 0.29) is 24.4 Å². The molecular weight excluding hydrogens is 310 g/mol. The number of rotatable bonds is 10. The summed E-state index contributed by atoms with van der Waals surface area (Å²) in [6, 6.07) is -0.800. The van der Waals surface area contributed by atoms with Crippen molar-refractivity contribution >= 4 is 11.6 Å². The summed E-state index contributed by atoms with van der Waals surface area (Å²) in [6.45, 7) is 0.822. The highest BCUT2D eigenvalue weighted by molar-refractivity contribution is 6.00. The second-order valence-corrected chi connectivity index (χ2v) is 5.47. The van der Waals surface area contributed by atoms with Crippen LogP contribution in [0.2, 0.25) is 0 Å². The Bertz CT molecular complexity index is 692. The van der Waals surface area contributed by atoms with Crippen LogP contribution < -0.4 is 17.2 Å². The Morgan fingerprint density at radius 1 is 1.00 bits per heavy atom. The molecule has 0 fully saturated rings. The molecule has 0 aliphatic rings. The van der Waals surface area contributed by atoms with Gasteiger partial charge in [-0.1, -0.05) is 0 Å². The van der Waals surface area contributed by atoms with E-state index in [1.165, 1.54) is 12.7 Å². The number of Topliss-reactive ketones (excluding diaryl/α,β-unsaturated/α-hetero) is 2. The van der Waals surface area contributed by atoms with E-state index < -0.39 is 6.04 Å². The average molecular weight is 333 g/mol. The van der Waals surface area contributed by atoms with Crippen LogP contribution in [0.15, 0.2) is 12.7 Å². The summed E-state index contributed by atoms with van der Waals surface area (Å²) in [7, 11) is 0. The van der Waals surface area contributed by atoms with Crippen LogP contribution in [0.4, 0.5) is 0 Å². The number of aromatic nitrogens is 4. The van der Waals surface area contributed by atoms with Crippen molar-refractivity contribution in [1.82, 2.24) is 19.9 Å². The first-order valence-electron chi connectivity index (χ1n) is 7.86. The van der Waals surface area contributed by atoms with Gasteiger partial charge in [0.1, 0.15) is 11.4 Å². The molecule has 8 N–H and O–H groups in total. The molecule has 0 amide bonds. The molecule has 0 aliphatic carbocycles. The van der Waals surface area contributed by atoms with Crippen molar-refractivity contribution in [3.05, 3.63) is 35.4 Å². The molecule has 0 bridgehead atoms. The van der Waals surface area contributed by atoms with Gasteiger partial charge in [-0.25, -0.2) is 9.97 Å². The summed E-state index contributed by atoms with van der Waals surface area (Å²) in [4.78, 5) is 38.5. The Labute approximate surface area is 139 Å². The molecule has 2 heterocycles. The first kappa shape index (κ1) is 18.0. The number of nitrogens with one attached hydrogen (secondary N) is 2. The topological polar surface area (TPSA) is 170 Å². The fourth-order valence-corrected chi connectivity index (χ4v) is 2.48. The molecule has 0 aromatic carbocycles. The van der Waals surface area contributed by atoms with Crippen molar-refractivity contribution in [2.24, 2.45) is 17.2 Å². The van der Waals surface area contributed by atoms with E-state index in [0.29, 0.717) is 48.7 Å². The number of imidazole rings is 2. The van der Waals surface area contributed by atoms with Crippen molar-refractivity contribution in [3.8, 4) is 0 Å². The summed E-state index contributed by atoms with van der Waals surface area (Å²) in [5.74, 6) is -0.455. The van der Waals surface area contributed by atoms with Gasteiger partial charge in [0, 0.05) is 30.7 Å². The van der Waals surface area contributed by atoms with Crippen molar-refractivity contribution in [3.63, 3.8) is 0 Å². The predicted octanol–water partition coefficient (Wildman–Crippen LogP) is -0.692. The zero-order chi connectivity index (χ0) is 17.5. The molecular formula is C15H23N7O2. The van der Waals surface area contributed by atoms with Gasteiger partial charge in [0.05, 0.1) is 18.7 Å². The molecule has 1 unspecified atom stereocenters. The molecule has 0 saturated carbocycles. The molecule has 0 aliphatic heterocycles. The number of H-pyrrole nitrogens is 2. The predicted molar refractivity (Wildman–Crippen MR) is 88.6 cm³/mol. The monoisotopic (exact) mass is 333 g/mol. The Balaban J connectivity index is 1.95. The maximum absolute atomic E-state index is 12.4. The summed E-state index contributed by atoms with van der Waals surface area (Å²) in [5, 5.41) is 0. The molecule has 2 aromatic heterocycles. The molecule has 0 saturated heterocycles. The average Bonchev–Trinajstić information content (AvgIpc) is 3.21. The lowest BCUT2D eigenvalue weighted by molar-refractivity contribution is 0.0932. The molecule has 2 aromatic rings. The van der Waals surface area contributed by atoms with Crippen molar-refractivity contribution in [2.45, 2.75) is 31.7 Å². The Morgan fingerprint density at radius 3 is 2.12 bits per heavy atom. The zero-order valence-electron chi connectivity index (χ0n) is 13.4. The molecule has 24 heavy (non-hydrogen) atoms. The fourth-order valence-electron chi connectivity index (χ4n) is 2.48. The molecule has 2 rings (SSSR count). The third-order valence-electron chi connectivity index (χ3n) is 3.74. The second kappa shape index (κ2) is 8.48. The van der Waals surface area contributed by atoms with Gasteiger partial charge >= 0.3 is 0 Å². The van der Waals surface area contributed by atoms with Gasteiger partial charge in [-0.15, -0.1) is 0 Å². The Hall–Kier alpha value is -2.36. The normalized spacial score (nSPS) is 12.3. The largest absolute Gasteiger partial charge is 0.348 e. The highest BCUT2D eigenvalue weighted by atomic mass is 16.1. The van der Waals surface area contributed by atoms with Gasteiger partial charge in [0.25, 0.3) is 0 Å². The lowest BCUT2D eigenvalue weighted by Crippen LogP contribution is -2.32. The lowest BCUT2D eigenvalue weighted by atomic mass is 10.0. The molecule has 130 valence electrons. The first-order chi connectivity index (χ1) is 11.6. The third-order valence-corrected chi connectivity index (χ3v) is 3.74. The first-order valence-corrected chi connectivity index (χ1v) is 7.86. The third kappa shape index (κ3) is 4.13. The van der Waals surface area contributed by atoms with Gasteiger partial charge in [0.2, 0.25) is 0 Å². The molecule has 0 radical (unpaired) electrons. The number of carbonyl (C=O) groups is 2. The van der Waals surface area contributed by atoms with E-state index in [1.807, 2.05) is 0 Å². The lowest BCUT2D eigenvalue weighted by Gasteiger charge is -2.09. The minimum Gasteiger partial charge on any atom is -0.348 e. The summed E-state index contributed by atoms with van der Waals surface area (Å²) >= 11 is 0. The minimum atomic E-state index is -0.800. The van der Waals surface area contributed by atoms with Crippen molar-refractivity contribution in [2.75, 3.05) is 13.1 Å². The number of hydrogen-bond donors (Lipinski definition) is 5. The quantitative estimate of drug-likeness (QED) is 0.358. The maximum atomic E-state index is 12.4. The highest BCUT2D eigenvalue weighted by Crippen LogP contribution is 2.12. The molecule has 0 spiro atoms. The van der Waals surface area contributed by atoms with Crippen LogP contribution in [0.25, 0.3) is 0 Å². The summed E-state index contributed by atoms with van der Waals surface area (Å²) < 4.78 is 0. The molecule has 9 nitrogen and oxygen atoms in total. The van der Waals surface area contributed by atoms with Crippen LogP contribution in [0, 0.1) is 0 Å². The number of hydrogen-bond acceptors (Lipinski definition) is 7. The smallest absolute Gasteiger partial charge is 0.199 e. The number of nitrogens with two attached hydrogens (primary N) is 3. The van der Waals surface area contributed by atoms with Gasteiger partial charge in [-0.2, -0.15) is 0 Å². The Morgan fingerprint density at radius 2 is 1.54 bits per heavy atom. The number of carbonyl (C=O) groups excluding carboxylic acids is 2. The van der Waals surface area contributed by atoms with Crippen LogP contribution in [0.1, 0.15) is 45.2 Å². The maximum Gasteiger partial charge on any atom is 0.199 e. The van der Waals surface area contributed by atoms with Crippen LogP contribution in [-0.2, 0) is 12.8 Å². The van der Waals surface area contributed by atoms with Gasteiger partial charge in [-0.3, -0.25) is 9.59 Å². The van der Waals surface area contributed by atoms with Crippen molar-refractivity contribution < 1.29 is 9.59 Å². The van der Waals surface area contributed by atoms with E-state index in [2.05, 4.69) is 19.9 Å². The molecule has 9 heteroatoms. The van der Waals surface area contributed by atoms with Crippen molar-refractivity contribution in [1.29, 1.82) is 0 Å². The van der Waals surface area contributed by atoms with Gasteiger partial charge in [0.15, 0.2) is 11.6 Å². The zero-order valence-corrected chi connectivity index (χ0v) is 13.4. The summed E-state index contributed by atoms with van der Waals surface area (Å²) in [6.07, 6.45) is 4.32. The van der Waals surface area contributed by atoms with Crippen LogP contribution in [-0.4, -0.2) is 50.6 Å². The van der Waals surface area contributed by atoms with E-state index in [1.54, 1.807) is 0 Å². The highest BCUT2D eigenvalue weighted by Gasteiger charge is 2.23. The fraction of sp³-hybridized carbons (Fsp3) is 0.467. The minimum absolute atomic E-state index is 0.131. The number of ketones is 2. The van der Waals surface area contributed by atoms with E-state index in [0.717, 1.165) is 0 Å². The SMILES string of the molecule is NCCc1[nH]cnc1C(=O)CCC(N)C(=O)c1nc[nH]c1CCN. The Kier molecular flexibility index (Phi) is 6.36. The van der Waals surface area contributed by atoms with E-state index >= 15 is 0 Å². The van der Waals surface area contributed by atoms with E-state index in [9.17, 15) is 9.59 Å². The van der Waals surface area contributed by atoms with Gasteiger partial charge < -0.3 is 27.2 Å². The van der Waals surface area contributed by atoms with Crippen LogP contribution in [0.3, 0.4) is 0 Å². The van der Waals surface area contributed by atoms with Crippen LogP contribution >= 0.6 is 0 Å².